The van der Waals surface area contributed by atoms with Crippen LogP contribution in [0.1, 0.15) is 92.4 Å². The van der Waals surface area contributed by atoms with Crippen LogP contribution in [0.25, 0.3) is 26.9 Å². The summed E-state index contributed by atoms with van der Waals surface area (Å²) >= 11 is 1.63. The molecule has 11 nitrogen and oxygen atoms in total. The number of aryl methyl sites for hydroxylation is 1. The van der Waals surface area contributed by atoms with Crippen molar-refractivity contribution in [3.05, 3.63) is 120 Å². The molecule has 1 atom stereocenters. The van der Waals surface area contributed by atoms with Crippen molar-refractivity contribution in [2.45, 2.75) is 90.3 Å². The molecule has 8 rings (SSSR count). The Morgan fingerprint density at radius 3 is 2.52 bits per heavy atom. The number of rotatable bonds is 12. The maximum atomic E-state index is 12.2. The van der Waals surface area contributed by atoms with Crippen LogP contribution in [0, 0.1) is 18.3 Å². The van der Waals surface area contributed by atoms with Gasteiger partial charge in [0.15, 0.2) is 0 Å². The molecule has 1 spiro atoms. The summed E-state index contributed by atoms with van der Waals surface area (Å²) in [5, 5.41) is 31.2. The van der Waals surface area contributed by atoms with Crippen LogP contribution in [0.5, 0.6) is 0 Å². The SMILES string of the molecule is C=C/C=C(\C(=C)O)c1cc2ccc(C3CC4(C3)CC(c3cn(CC(C)C)nn3)C4)cc2nn1.Cc1ncsc1-c1ccc(CNC(=O)C2CCCN2C=O)cc1. The highest BCUT2D eigenvalue weighted by Gasteiger charge is 2.54. The van der Waals surface area contributed by atoms with E-state index in [1.807, 2.05) is 35.3 Å². The van der Waals surface area contributed by atoms with E-state index in [0.29, 0.717) is 47.5 Å². The van der Waals surface area contributed by atoms with Gasteiger partial charge in [0.1, 0.15) is 11.8 Å². The summed E-state index contributed by atoms with van der Waals surface area (Å²) in [6.45, 7) is 15.8. The largest absolute Gasteiger partial charge is 0.508 e. The van der Waals surface area contributed by atoms with E-state index in [2.05, 4.69) is 94.3 Å². The molecule has 3 fully saturated rings. The molecule has 0 bridgehead atoms. The normalized spacial score (nSPS) is 21.6. The molecular formula is C44H50N8O3S. The van der Waals surface area contributed by atoms with Gasteiger partial charge < -0.3 is 15.3 Å². The summed E-state index contributed by atoms with van der Waals surface area (Å²) in [7, 11) is 0. The summed E-state index contributed by atoms with van der Waals surface area (Å²) in [6, 6.07) is 16.2. The fourth-order valence-corrected chi connectivity index (χ4v) is 9.27. The van der Waals surface area contributed by atoms with Crippen molar-refractivity contribution < 1.29 is 14.7 Å². The third-order valence-electron chi connectivity index (χ3n) is 11.4. The van der Waals surface area contributed by atoms with E-state index in [1.165, 1.54) is 36.1 Å². The molecule has 12 heteroatoms. The van der Waals surface area contributed by atoms with Crippen LogP contribution in [0.3, 0.4) is 0 Å². The maximum absolute atomic E-state index is 12.2. The highest BCUT2D eigenvalue weighted by Crippen LogP contribution is 2.66. The van der Waals surface area contributed by atoms with Crippen molar-refractivity contribution in [1.29, 1.82) is 0 Å². The van der Waals surface area contributed by atoms with Crippen molar-refractivity contribution >= 4 is 40.1 Å². The molecule has 1 saturated heterocycles. The second-order valence-electron chi connectivity index (χ2n) is 16.0. The molecule has 3 aliphatic rings. The first-order valence-electron chi connectivity index (χ1n) is 19.4. The van der Waals surface area contributed by atoms with Gasteiger partial charge in [0.05, 0.1) is 33.0 Å². The Bertz CT molecular complexity index is 2240. The van der Waals surface area contributed by atoms with Crippen molar-refractivity contribution in [1.82, 2.24) is 40.4 Å². The molecule has 4 heterocycles. The molecule has 3 aromatic heterocycles. The Kier molecular flexibility index (Phi) is 11.6. The topological polar surface area (TPSA) is 139 Å². The number of nitrogens with zero attached hydrogens (tertiary/aromatic N) is 7. The average molecular weight is 771 g/mol. The smallest absolute Gasteiger partial charge is 0.243 e. The summed E-state index contributed by atoms with van der Waals surface area (Å²) in [5.74, 6) is 1.62. The monoisotopic (exact) mass is 770 g/mol. The highest BCUT2D eigenvalue weighted by atomic mass is 32.1. The number of aliphatic hydroxyl groups is 1. The van der Waals surface area contributed by atoms with Crippen molar-refractivity contribution in [2.24, 2.45) is 11.3 Å². The van der Waals surface area contributed by atoms with Gasteiger partial charge in [-0.15, -0.1) is 26.6 Å². The Morgan fingerprint density at radius 2 is 1.84 bits per heavy atom. The Morgan fingerprint density at radius 1 is 1.07 bits per heavy atom. The molecule has 290 valence electrons. The number of hydrogen-bond donors (Lipinski definition) is 2. The lowest BCUT2D eigenvalue weighted by Crippen LogP contribution is -2.45. The number of carbonyl (C=O) groups is 2. The molecule has 2 amide bonds. The van der Waals surface area contributed by atoms with Crippen molar-refractivity contribution in [2.75, 3.05) is 6.54 Å². The van der Waals surface area contributed by atoms with Gasteiger partial charge in [-0.1, -0.05) is 74.7 Å². The van der Waals surface area contributed by atoms with Gasteiger partial charge in [-0.3, -0.25) is 14.3 Å². The molecule has 1 unspecified atom stereocenters. The molecule has 56 heavy (non-hydrogen) atoms. The van der Waals surface area contributed by atoms with Crippen LogP contribution in [0.2, 0.25) is 0 Å². The van der Waals surface area contributed by atoms with Crippen LogP contribution < -0.4 is 5.32 Å². The van der Waals surface area contributed by atoms with Gasteiger partial charge in [-0.05, 0) is 97.6 Å². The summed E-state index contributed by atoms with van der Waals surface area (Å²) < 4.78 is 1.99. The Hall–Kier alpha value is -5.49. The number of carbonyl (C=O) groups excluding carboxylic acids is 2. The molecule has 1 aliphatic heterocycles. The predicted octanol–water partition coefficient (Wildman–Crippen LogP) is 8.32. The predicted molar refractivity (Wildman–Crippen MR) is 221 cm³/mol. The first-order valence-corrected chi connectivity index (χ1v) is 20.3. The zero-order chi connectivity index (χ0) is 39.4. The second kappa shape index (κ2) is 16.7. The fraction of sp³-hybridized carbons (Fsp3) is 0.386. The quantitative estimate of drug-likeness (QED) is 0.0734. The Labute approximate surface area is 332 Å². The number of amides is 2. The molecule has 2 saturated carbocycles. The van der Waals surface area contributed by atoms with E-state index in [4.69, 9.17) is 0 Å². The standard InChI is InChI=1S/C27H31N5O.C17H19N3O2S/c1-5-6-23(18(4)33)25-10-20-8-7-19(9-24(20)28-29-25)21-11-27(12-21)13-22(14-27)26-16-32(31-30-26)15-17(2)3;1-12-16(23-10-19-12)14-6-4-13(5-7-14)9-18-17(22)15-3-2-8-20(15)11-21/h5-10,16-17,21-22,33H,1,4,11-15H2,2-3H3;4-7,10-11,15H,2-3,8-9H2,1H3,(H,18,22)/b23-6+;. The number of thiazole rings is 1. The summed E-state index contributed by atoms with van der Waals surface area (Å²) in [5.41, 5.74) is 10.1. The van der Waals surface area contributed by atoms with E-state index < -0.39 is 0 Å². The molecule has 2 N–H and O–H groups in total. The molecule has 2 aliphatic carbocycles. The van der Waals surface area contributed by atoms with Gasteiger partial charge >= 0.3 is 0 Å². The number of fused-ring (bicyclic) bond motifs is 1. The zero-order valence-electron chi connectivity index (χ0n) is 32.4. The fourth-order valence-electron chi connectivity index (χ4n) is 8.46. The van der Waals surface area contributed by atoms with Crippen LogP contribution in [-0.4, -0.2) is 65.1 Å². The second-order valence-corrected chi connectivity index (χ2v) is 16.8. The number of likely N-dealkylation sites (tertiary alicyclic amines) is 1. The van der Waals surface area contributed by atoms with Gasteiger partial charge in [-0.25, -0.2) is 4.98 Å². The zero-order valence-corrected chi connectivity index (χ0v) is 33.2. The average Bonchev–Trinajstić information content (AvgIpc) is 3.93. The minimum Gasteiger partial charge on any atom is -0.508 e. The van der Waals surface area contributed by atoms with E-state index in [1.54, 1.807) is 28.4 Å². The van der Waals surface area contributed by atoms with Crippen LogP contribution in [-0.2, 0) is 22.7 Å². The number of allylic oxidation sites excluding steroid dienone is 3. The van der Waals surface area contributed by atoms with Crippen LogP contribution in [0.15, 0.2) is 91.3 Å². The molecule has 0 radical (unpaired) electrons. The maximum Gasteiger partial charge on any atom is 0.243 e. The number of aromatic nitrogens is 6. The minimum atomic E-state index is -0.313. The minimum absolute atomic E-state index is 0.0405. The third kappa shape index (κ3) is 8.50. The van der Waals surface area contributed by atoms with Crippen molar-refractivity contribution in [3.8, 4) is 10.4 Å². The van der Waals surface area contributed by atoms with E-state index in [-0.39, 0.29) is 17.7 Å². The van der Waals surface area contributed by atoms with Gasteiger partial charge in [0, 0.05) is 42.7 Å². The van der Waals surface area contributed by atoms with Gasteiger partial charge in [0.2, 0.25) is 12.3 Å². The number of hydrogen-bond acceptors (Lipinski definition) is 9. The number of nitrogens with one attached hydrogen (secondary N) is 1. The lowest BCUT2D eigenvalue weighted by molar-refractivity contribution is -0.131. The third-order valence-corrected chi connectivity index (χ3v) is 12.3. The van der Waals surface area contributed by atoms with Crippen LogP contribution >= 0.6 is 11.3 Å². The molecule has 2 aromatic carbocycles. The summed E-state index contributed by atoms with van der Waals surface area (Å²) in [6.07, 6.45) is 12.8. The number of aliphatic hydroxyl groups excluding tert-OH is 1. The van der Waals surface area contributed by atoms with Crippen LogP contribution in [0.4, 0.5) is 0 Å². The molecular weight excluding hydrogens is 721 g/mol. The van der Waals surface area contributed by atoms with E-state index in [9.17, 15) is 14.7 Å². The highest BCUT2D eigenvalue weighted by molar-refractivity contribution is 7.13. The lowest BCUT2D eigenvalue weighted by Gasteiger charge is -2.57. The van der Waals surface area contributed by atoms with Gasteiger partial charge in [0.25, 0.3) is 0 Å². The van der Waals surface area contributed by atoms with E-state index in [0.717, 1.165) is 59.2 Å². The lowest BCUT2D eigenvalue weighted by atomic mass is 9.47. The van der Waals surface area contributed by atoms with Crippen molar-refractivity contribution in [3.63, 3.8) is 0 Å². The first kappa shape index (κ1) is 38.8. The summed E-state index contributed by atoms with van der Waals surface area (Å²) in [4.78, 5) is 30.1. The van der Waals surface area contributed by atoms with E-state index >= 15 is 0 Å². The van der Waals surface area contributed by atoms with Gasteiger partial charge in [-0.2, -0.15) is 0 Å². The first-order chi connectivity index (χ1) is 27.0. The Balaban J connectivity index is 0.000000183. The number of benzene rings is 2. The molecule has 5 aromatic rings.